The minimum atomic E-state index is -3.23. The third-order valence-electron chi connectivity index (χ3n) is 3.47. The molecule has 1 aromatic heterocycles. The van der Waals surface area contributed by atoms with Crippen molar-refractivity contribution in [2.24, 2.45) is 0 Å². The van der Waals surface area contributed by atoms with Crippen LogP contribution in [0, 0.1) is 0 Å². The molecule has 2 rings (SSSR count). The van der Waals surface area contributed by atoms with Crippen LogP contribution in [0.25, 0.3) is 11.3 Å². The van der Waals surface area contributed by atoms with Crippen molar-refractivity contribution in [3.05, 3.63) is 40.6 Å². The Labute approximate surface area is 139 Å². The van der Waals surface area contributed by atoms with Gasteiger partial charge < -0.3 is 4.52 Å². The number of nitrogens with one attached hydrogen (secondary N) is 1. The smallest absolute Gasteiger partial charge is 0.213 e. The molecule has 7 heteroatoms. The molecule has 2 aromatic rings. The van der Waals surface area contributed by atoms with Crippen LogP contribution < -0.4 is 4.72 Å². The monoisotopic (exact) mass is 386 g/mol. The van der Waals surface area contributed by atoms with Gasteiger partial charge in [-0.2, -0.15) is 0 Å². The molecule has 0 aliphatic heterocycles. The Morgan fingerprint density at radius 1 is 1.23 bits per heavy atom. The van der Waals surface area contributed by atoms with Crippen LogP contribution in [0.4, 0.5) is 0 Å². The predicted octanol–water partition coefficient (Wildman–Crippen LogP) is 3.54. The van der Waals surface area contributed by atoms with Gasteiger partial charge in [-0.15, -0.1) is 0 Å². The second kappa shape index (κ2) is 6.93. The fourth-order valence-electron chi connectivity index (χ4n) is 1.90. The van der Waals surface area contributed by atoms with Crippen molar-refractivity contribution >= 4 is 26.0 Å². The molecule has 1 aromatic carbocycles. The number of hydrogen-bond donors (Lipinski definition) is 1. The highest BCUT2D eigenvalue weighted by atomic mass is 79.9. The topological polar surface area (TPSA) is 72.2 Å². The third-order valence-corrected chi connectivity index (χ3v) is 5.65. The standard InChI is InChI=1S/C15H19BrN2O3S/c1-10(2)22(19,20)17-9-11(3)12-4-6-13(7-5-12)14-8-15(16)21-18-14/h4-8,10-11,17H,9H2,1-3H3. The lowest BCUT2D eigenvalue weighted by atomic mass is 9.99. The molecule has 0 aliphatic rings. The van der Waals surface area contributed by atoms with E-state index in [1.54, 1.807) is 19.9 Å². The van der Waals surface area contributed by atoms with Crippen LogP contribution in [-0.4, -0.2) is 25.4 Å². The number of rotatable bonds is 6. The summed E-state index contributed by atoms with van der Waals surface area (Å²) in [7, 11) is -3.23. The Morgan fingerprint density at radius 3 is 2.36 bits per heavy atom. The van der Waals surface area contributed by atoms with Gasteiger partial charge in [0.1, 0.15) is 5.69 Å². The molecule has 0 fully saturated rings. The summed E-state index contributed by atoms with van der Waals surface area (Å²) < 4.78 is 31.8. The number of hydrogen-bond acceptors (Lipinski definition) is 4. The molecule has 0 saturated carbocycles. The molecule has 0 bridgehead atoms. The Bertz CT molecular complexity index is 724. The van der Waals surface area contributed by atoms with Gasteiger partial charge in [0.15, 0.2) is 0 Å². The Morgan fingerprint density at radius 2 is 1.86 bits per heavy atom. The number of halogens is 1. The van der Waals surface area contributed by atoms with Gasteiger partial charge in [0, 0.05) is 18.2 Å². The molecule has 0 amide bonds. The zero-order valence-electron chi connectivity index (χ0n) is 12.7. The van der Waals surface area contributed by atoms with E-state index in [1.807, 2.05) is 31.2 Å². The first-order valence-corrected chi connectivity index (χ1v) is 9.34. The summed E-state index contributed by atoms with van der Waals surface area (Å²) in [4.78, 5) is 0. The van der Waals surface area contributed by atoms with Crippen molar-refractivity contribution in [2.75, 3.05) is 6.54 Å². The summed E-state index contributed by atoms with van der Waals surface area (Å²) in [5.74, 6) is 0.0895. The quantitative estimate of drug-likeness (QED) is 0.823. The first kappa shape index (κ1) is 17.2. The lowest BCUT2D eigenvalue weighted by Gasteiger charge is -2.15. The van der Waals surface area contributed by atoms with E-state index in [9.17, 15) is 8.42 Å². The Kier molecular flexibility index (Phi) is 5.41. The molecule has 5 nitrogen and oxygen atoms in total. The number of aromatic nitrogens is 1. The lowest BCUT2D eigenvalue weighted by Crippen LogP contribution is -2.33. The fourth-order valence-corrected chi connectivity index (χ4v) is 3.00. The molecule has 22 heavy (non-hydrogen) atoms. The highest BCUT2D eigenvalue weighted by molar-refractivity contribution is 9.10. The second-order valence-corrected chi connectivity index (χ2v) is 8.58. The van der Waals surface area contributed by atoms with Crippen LogP contribution in [-0.2, 0) is 10.0 Å². The minimum absolute atomic E-state index is 0.0895. The summed E-state index contributed by atoms with van der Waals surface area (Å²) in [5, 5.41) is 3.51. The zero-order chi connectivity index (χ0) is 16.3. The van der Waals surface area contributed by atoms with E-state index in [-0.39, 0.29) is 5.92 Å². The van der Waals surface area contributed by atoms with Crippen LogP contribution in [0.15, 0.2) is 39.5 Å². The van der Waals surface area contributed by atoms with Crippen molar-refractivity contribution in [1.82, 2.24) is 9.88 Å². The van der Waals surface area contributed by atoms with Gasteiger partial charge in [-0.1, -0.05) is 36.3 Å². The average molecular weight is 387 g/mol. The normalized spacial score (nSPS) is 13.5. The average Bonchev–Trinajstić information content (AvgIpc) is 2.91. The highest BCUT2D eigenvalue weighted by Gasteiger charge is 2.17. The summed E-state index contributed by atoms with van der Waals surface area (Å²) >= 11 is 3.22. The van der Waals surface area contributed by atoms with E-state index in [1.165, 1.54) is 0 Å². The molecule has 1 unspecified atom stereocenters. The van der Waals surface area contributed by atoms with Gasteiger partial charge in [0.2, 0.25) is 14.7 Å². The molecule has 0 aliphatic carbocycles. The van der Waals surface area contributed by atoms with Gasteiger partial charge in [-0.25, -0.2) is 13.1 Å². The number of sulfonamides is 1. The first-order valence-electron chi connectivity index (χ1n) is 7.00. The van der Waals surface area contributed by atoms with E-state index in [0.29, 0.717) is 11.2 Å². The molecule has 120 valence electrons. The van der Waals surface area contributed by atoms with Gasteiger partial charge >= 0.3 is 0 Å². The third kappa shape index (κ3) is 4.18. The van der Waals surface area contributed by atoms with Gasteiger partial charge in [0.25, 0.3) is 0 Å². The summed E-state index contributed by atoms with van der Waals surface area (Å²) in [6.45, 7) is 5.70. The van der Waals surface area contributed by atoms with Gasteiger partial charge in [0.05, 0.1) is 5.25 Å². The lowest BCUT2D eigenvalue weighted by molar-refractivity contribution is 0.402. The Hall–Kier alpha value is -1.18. The number of benzene rings is 1. The molecular weight excluding hydrogens is 368 g/mol. The largest absolute Gasteiger partial charge is 0.349 e. The van der Waals surface area contributed by atoms with Crippen molar-refractivity contribution in [2.45, 2.75) is 31.9 Å². The SMILES string of the molecule is CC(CNS(=O)(=O)C(C)C)c1ccc(-c2cc(Br)on2)cc1. The van der Waals surface area contributed by atoms with E-state index in [0.717, 1.165) is 16.8 Å². The molecule has 1 heterocycles. The van der Waals surface area contributed by atoms with Crippen LogP contribution >= 0.6 is 15.9 Å². The van der Waals surface area contributed by atoms with Crippen molar-refractivity contribution in [1.29, 1.82) is 0 Å². The van der Waals surface area contributed by atoms with Crippen molar-refractivity contribution < 1.29 is 12.9 Å². The summed E-state index contributed by atoms with van der Waals surface area (Å²) in [6.07, 6.45) is 0. The van der Waals surface area contributed by atoms with E-state index >= 15 is 0 Å². The van der Waals surface area contributed by atoms with Gasteiger partial charge in [-0.3, -0.25) is 0 Å². The predicted molar refractivity (Wildman–Crippen MR) is 90.1 cm³/mol. The number of nitrogens with zero attached hydrogens (tertiary/aromatic N) is 1. The van der Waals surface area contributed by atoms with Crippen LogP contribution in [0.2, 0.25) is 0 Å². The van der Waals surface area contributed by atoms with Crippen molar-refractivity contribution in [3.8, 4) is 11.3 Å². The molecular formula is C15H19BrN2O3S. The molecule has 0 saturated heterocycles. The highest BCUT2D eigenvalue weighted by Crippen LogP contribution is 2.24. The molecule has 0 radical (unpaired) electrons. The van der Waals surface area contributed by atoms with Crippen molar-refractivity contribution in [3.63, 3.8) is 0 Å². The Balaban J connectivity index is 2.04. The first-order chi connectivity index (χ1) is 10.3. The summed E-state index contributed by atoms with van der Waals surface area (Å²) in [5.41, 5.74) is 2.78. The zero-order valence-corrected chi connectivity index (χ0v) is 15.1. The van der Waals surface area contributed by atoms with E-state index in [2.05, 4.69) is 25.8 Å². The maximum atomic E-state index is 11.8. The maximum Gasteiger partial charge on any atom is 0.213 e. The molecule has 1 atom stereocenters. The maximum absolute atomic E-state index is 11.8. The minimum Gasteiger partial charge on any atom is -0.349 e. The summed E-state index contributed by atoms with van der Waals surface area (Å²) in [6, 6.07) is 9.66. The molecule has 0 spiro atoms. The van der Waals surface area contributed by atoms with Gasteiger partial charge in [-0.05, 0) is 41.3 Å². The van der Waals surface area contributed by atoms with Crippen LogP contribution in [0.3, 0.4) is 0 Å². The van der Waals surface area contributed by atoms with Crippen LogP contribution in [0.5, 0.6) is 0 Å². The molecule has 1 N–H and O–H groups in total. The fraction of sp³-hybridized carbons (Fsp3) is 0.400. The van der Waals surface area contributed by atoms with E-state index < -0.39 is 15.3 Å². The van der Waals surface area contributed by atoms with E-state index in [4.69, 9.17) is 4.52 Å². The van der Waals surface area contributed by atoms with Crippen LogP contribution in [0.1, 0.15) is 32.3 Å². The second-order valence-electron chi connectivity index (χ2n) is 5.48.